The van der Waals surface area contributed by atoms with Crippen molar-refractivity contribution >= 4 is 0 Å². The third-order valence-electron chi connectivity index (χ3n) is 3.31. The minimum Gasteiger partial charge on any atom is -0.0745 e. The van der Waals surface area contributed by atoms with Crippen molar-refractivity contribution in [1.29, 1.82) is 0 Å². The normalized spacial score (nSPS) is 28.9. The molecule has 14 heavy (non-hydrogen) atoms. The highest BCUT2D eigenvalue weighted by Crippen LogP contribution is 2.41. The van der Waals surface area contributed by atoms with Gasteiger partial charge in [-0.05, 0) is 24.0 Å². The van der Waals surface area contributed by atoms with Crippen molar-refractivity contribution in [3.05, 3.63) is 47.1 Å². The van der Waals surface area contributed by atoms with Crippen molar-refractivity contribution in [2.24, 2.45) is 11.3 Å². The second-order valence-electron chi connectivity index (χ2n) is 4.96. The third-order valence-corrected chi connectivity index (χ3v) is 3.31. The highest BCUT2D eigenvalue weighted by Gasteiger charge is 2.27. The van der Waals surface area contributed by atoms with Crippen LogP contribution in [0.5, 0.6) is 0 Å². The zero-order chi connectivity index (χ0) is 10.3. The van der Waals surface area contributed by atoms with Crippen LogP contribution >= 0.6 is 0 Å². The molecule has 0 fully saturated rings. The van der Waals surface area contributed by atoms with Crippen molar-refractivity contribution in [2.75, 3.05) is 0 Å². The maximum atomic E-state index is 2.41. The van der Waals surface area contributed by atoms with E-state index in [-0.39, 0.29) is 5.41 Å². The molecule has 0 saturated carbocycles. The van der Waals surface area contributed by atoms with Crippen molar-refractivity contribution in [1.82, 2.24) is 0 Å². The van der Waals surface area contributed by atoms with E-state index in [1.165, 1.54) is 16.7 Å². The van der Waals surface area contributed by atoms with Crippen LogP contribution in [0.4, 0.5) is 0 Å². The molecule has 2 aliphatic rings. The Hall–Kier alpha value is -1.04. The molecule has 0 aromatic heterocycles. The Labute approximate surface area is 86.7 Å². The molecule has 2 aliphatic carbocycles. The van der Waals surface area contributed by atoms with Crippen LogP contribution in [-0.4, -0.2) is 0 Å². The standard InChI is InChI=1S/C14H18/c1-10-8-12-6-5-7-14(3,4)13(12)9-11(10)2/h5-9,11H,1-4H3. The molecule has 0 radical (unpaired) electrons. The Morgan fingerprint density at radius 3 is 2.71 bits per heavy atom. The molecule has 74 valence electrons. The molecule has 0 aromatic carbocycles. The summed E-state index contributed by atoms with van der Waals surface area (Å²) in [5, 5.41) is 0. The van der Waals surface area contributed by atoms with Gasteiger partial charge in [0.05, 0.1) is 0 Å². The van der Waals surface area contributed by atoms with E-state index in [2.05, 4.69) is 58.1 Å². The van der Waals surface area contributed by atoms with Gasteiger partial charge in [0.15, 0.2) is 0 Å². The van der Waals surface area contributed by atoms with Gasteiger partial charge in [-0.15, -0.1) is 0 Å². The minimum absolute atomic E-state index is 0.204. The van der Waals surface area contributed by atoms with Gasteiger partial charge in [-0.2, -0.15) is 0 Å². The average Bonchev–Trinajstić information content (AvgIpc) is 2.08. The molecular formula is C14H18. The van der Waals surface area contributed by atoms with Gasteiger partial charge in [0, 0.05) is 5.41 Å². The van der Waals surface area contributed by atoms with E-state index in [0.29, 0.717) is 5.92 Å². The number of allylic oxidation sites excluding steroid dienone is 8. The summed E-state index contributed by atoms with van der Waals surface area (Å²) in [5.41, 5.74) is 4.55. The lowest BCUT2D eigenvalue weighted by Crippen LogP contribution is -2.19. The maximum Gasteiger partial charge on any atom is 0.00814 e. The van der Waals surface area contributed by atoms with Crippen LogP contribution in [-0.2, 0) is 0 Å². The van der Waals surface area contributed by atoms with Crippen molar-refractivity contribution < 1.29 is 0 Å². The molecule has 0 nitrogen and oxygen atoms in total. The summed E-state index contributed by atoms with van der Waals surface area (Å²) < 4.78 is 0. The van der Waals surface area contributed by atoms with E-state index in [0.717, 1.165) is 0 Å². The summed E-state index contributed by atoms with van der Waals surface area (Å²) in [4.78, 5) is 0. The number of rotatable bonds is 0. The van der Waals surface area contributed by atoms with Crippen LogP contribution in [0.3, 0.4) is 0 Å². The molecule has 0 aromatic rings. The smallest absolute Gasteiger partial charge is 0.00814 e. The first-order valence-corrected chi connectivity index (χ1v) is 5.31. The highest BCUT2D eigenvalue weighted by atomic mass is 14.3. The van der Waals surface area contributed by atoms with Crippen molar-refractivity contribution in [3.8, 4) is 0 Å². The van der Waals surface area contributed by atoms with E-state index in [1.54, 1.807) is 0 Å². The molecule has 2 rings (SSSR count). The fourth-order valence-corrected chi connectivity index (χ4v) is 2.14. The van der Waals surface area contributed by atoms with E-state index in [1.807, 2.05) is 0 Å². The first-order valence-electron chi connectivity index (χ1n) is 5.31. The zero-order valence-electron chi connectivity index (χ0n) is 9.46. The molecule has 0 N–H and O–H groups in total. The topological polar surface area (TPSA) is 0 Å². The maximum absolute atomic E-state index is 2.41. The van der Waals surface area contributed by atoms with Gasteiger partial charge in [-0.3, -0.25) is 0 Å². The first kappa shape index (κ1) is 9.51. The van der Waals surface area contributed by atoms with Gasteiger partial charge in [0.1, 0.15) is 0 Å². The van der Waals surface area contributed by atoms with Crippen LogP contribution in [0.1, 0.15) is 27.7 Å². The lowest BCUT2D eigenvalue weighted by molar-refractivity contribution is 0.572. The van der Waals surface area contributed by atoms with E-state index in [9.17, 15) is 0 Å². The van der Waals surface area contributed by atoms with Crippen LogP contribution in [0.2, 0.25) is 0 Å². The predicted octanol–water partition coefficient (Wildman–Crippen LogP) is 4.03. The van der Waals surface area contributed by atoms with Crippen molar-refractivity contribution in [2.45, 2.75) is 27.7 Å². The zero-order valence-corrected chi connectivity index (χ0v) is 9.46. The molecular weight excluding hydrogens is 168 g/mol. The van der Waals surface area contributed by atoms with E-state index in [4.69, 9.17) is 0 Å². The van der Waals surface area contributed by atoms with Crippen molar-refractivity contribution in [3.63, 3.8) is 0 Å². The first-order chi connectivity index (χ1) is 6.50. The molecule has 1 unspecified atom stereocenters. The van der Waals surface area contributed by atoms with E-state index < -0.39 is 0 Å². The SMILES string of the molecule is CC1=CC2=CC=CC(C)(C)C2=CC1C. The Balaban J connectivity index is 2.49. The number of hydrogen-bond donors (Lipinski definition) is 0. The summed E-state index contributed by atoms with van der Waals surface area (Å²) in [7, 11) is 0. The van der Waals surface area contributed by atoms with Gasteiger partial charge in [-0.1, -0.05) is 56.7 Å². The molecule has 0 heteroatoms. The lowest BCUT2D eigenvalue weighted by Gasteiger charge is -2.32. The highest BCUT2D eigenvalue weighted by molar-refractivity contribution is 5.54. The molecule has 0 saturated heterocycles. The van der Waals surface area contributed by atoms with Gasteiger partial charge < -0.3 is 0 Å². The number of fused-ring (bicyclic) bond motifs is 1. The second-order valence-corrected chi connectivity index (χ2v) is 4.96. The lowest BCUT2D eigenvalue weighted by atomic mass is 9.72. The molecule has 0 amide bonds. The fourth-order valence-electron chi connectivity index (χ4n) is 2.14. The minimum atomic E-state index is 0.204. The Kier molecular flexibility index (Phi) is 2.02. The van der Waals surface area contributed by atoms with E-state index >= 15 is 0 Å². The quantitative estimate of drug-likeness (QED) is 0.536. The number of hydrogen-bond acceptors (Lipinski definition) is 0. The summed E-state index contributed by atoms with van der Waals surface area (Å²) in [6.07, 6.45) is 11.4. The molecule has 0 bridgehead atoms. The predicted molar refractivity (Wildman–Crippen MR) is 62.0 cm³/mol. The Bertz CT molecular complexity index is 373. The summed E-state index contributed by atoms with van der Waals surface area (Å²) in [6, 6.07) is 0. The van der Waals surface area contributed by atoms with Gasteiger partial charge >= 0.3 is 0 Å². The monoisotopic (exact) mass is 186 g/mol. The Morgan fingerprint density at radius 1 is 1.29 bits per heavy atom. The Morgan fingerprint density at radius 2 is 2.00 bits per heavy atom. The van der Waals surface area contributed by atoms with Crippen LogP contribution in [0.25, 0.3) is 0 Å². The summed E-state index contributed by atoms with van der Waals surface area (Å²) >= 11 is 0. The van der Waals surface area contributed by atoms with Crippen LogP contribution < -0.4 is 0 Å². The molecule has 0 aliphatic heterocycles. The summed E-state index contributed by atoms with van der Waals surface area (Å²) in [6.45, 7) is 9.04. The molecule has 1 atom stereocenters. The molecule has 0 spiro atoms. The molecule has 0 heterocycles. The van der Waals surface area contributed by atoms with Gasteiger partial charge in [0.25, 0.3) is 0 Å². The van der Waals surface area contributed by atoms with Gasteiger partial charge in [0.2, 0.25) is 0 Å². The second kappa shape index (κ2) is 2.98. The van der Waals surface area contributed by atoms with Gasteiger partial charge in [-0.25, -0.2) is 0 Å². The third kappa shape index (κ3) is 1.39. The van der Waals surface area contributed by atoms with Crippen LogP contribution in [0, 0.1) is 11.3 Å². The summed E-state index contributed by atoms with van der Waals surface area (Å²) in [5.74, 6) is 0.591. The van der Waals surface area contributed by atoms with Crippen LogP contribution in [0.15, 0.2) is 47.1 Å². The fraction of sp³-hybridized carbons (Fsp3) is 0.429. The largest absolute Gasteiger partial charge is 0.0745 e. The average molecular weight is 186 g/mol.